The number of nitrogens with zero attached hydrogens (tertiary/aromatic N) is 4. The van der Waals surface area contributed by atoms with E-state index in [0.29, 0.717) is 11.5 Å². The fraction of sp³-hybridized carbons (Fsp3) is 0.306. The molecule has 0 saturated heterocycles. The van der Waals surface area contributed by atoms with E-state index in [-0.39, 0.29) is 26.6 Å². The van der Waals surface area contributed by atoms with Crippen molar-refractivity contribution in [2.75, 3.05) is 16.3 Å². The van der Waals surface area contributed by atoms with Gasteiger partial charge < -0.3 is 14.4 Å². The summed E-state index contributed by atoms with van der Waals surface area (Å²) in [5.74, 6) is 0.680. The molecule has 0 saturated carbocycles. The van der Waals surface area contributed by atoms with E-state index in [0.717, 1.165) is 70.7 Å². The third kappa shape index (κ3) is 6.07. The van der Waals surface area contributed by atoms with Gasteiger partial charge >= 0.3 is 11.4 Å². The molecular formula is C49H50N4O6. The lowest BCUT2D eigenvalue weighted by molar-refractivity contribution is -0.386. The van der Waals surface area contributed by atoms with Crippen molar-refractivity contribution in [2.45, 2.75) is 90.0 Å². The molecule has 0 fully saturated rings. The number of hydrogen-bond donors (Lipinski definition) is 0. The molecule has 2 atom stereocenters. The average Bonchev–Trinajstić information content (AvgIpc) is 3.51. The number of aryl methyl sites for hydroxylation is 2. The first-order chi connectivity index (χ1) is 28.2. The number of para-hydroxylation sites is 3. The van der Waals surface area contributed by atoms with Gasteiger partial charge in [-0.1, -0.05) is 74.4 Å². The van der Waals surface area contributed by atoms with Crippen LogP contribution in [-0.4, -0.2) is 27.8 Å². The Kier molecular flexibility index (Phi) is 9.65. The molecule has 59 heavy (non-hydrogen) atoms. The zero-order valence-corrected chi connectivity index (χ0v) is 34.7. The van der Waals surface area contributed by atoms with Crippen LogP contribution in [0, 0.1) is 34.1 Å². The van der Waals surface area contributed by atoms with Crippen molar-refractivity contribution in [3.63, 3.8) is 0 Å². The molecule has 4 aliphatic rings. The van der Waals surface area contributed by atoms with E-state index >= 15 is 0 Å². The van der Waals surface area contributed by atoms with E-state index in [1.54, 1.807) is 12.1 Å². The molecule has 0 aromatic heterocycles. The average molecular weight is 791 g/mol. The number of unbranched alkanes of at least 4 members (excludes halogenated alkanes) is 2. The normalized spacial score (nSPS) is 20.8. The highest BCUT2D eigenvalue weighted by Crippen LogP contribution is 2.59. The maximum absolute atomic E-state index is 11.8. The van der Waals surface area contributed by atoms with Crippen LogP contribution in [0.5, 0.6) is 11.5 Å². The number of rotatable bonds is 7. The van der Waals surface area contributed by atoms with Crippen molar-refractivity contribution < 1.29 is 19.3 Å². The summed E-state index contributed by atoms with van der Waals surface area (Å²) in [5, 5.41) is 23.6. The molecule has 9 rings (SSSR count). The zero-order chi connectivity index (χ0) is 41.9. The van der Waals surface area contributed by atoms with E-state index in [4.69, 9.17) is 9.47 Å². The topological polar surface area (TPSA) is 111 Å². The van der Waals surface area contributed by atoms with Crippen molar-refractivity contribution in [3.8, 4) is 11.5 Å². The van der Waals surface area contributed by atoms with E-state index < -0.39 is 16.9 Å². The standard InChI is InChI=1S/C25H22N2O3.C24H28N2O3/c1-17-15-18-13-14-25(30-23(18)22(16-17)27(28)29)24(2,3)20-11-7-8-12-21(20)26(25)19-9-5-4-6-10-19;1-5-6-9-14-25-20-11-8-7-10-19(20)23(3,4)24(25)13-12-18-15-17(2)16-21(26(27)28)22(18)29-24/h4-16H,1-3H3;7-8,10-13,15-16H,5-6,9,14H2,1-4H3. The van der Waals surface area contributed by atoms with Gasteiger partial charge in [-0.25, -0.2) is 0 Å². The van der Waals surface area contributed by atoms with Crippen molar-refractivity contribution in [1.82, 2.24) is 0 Å². The van der Waals surface area contributed by atoms with Gasteiger partial charge in [0.2, 0.25) is 22.9 Å². The van der Waals surface area contributed by atoms with Crippen molar-refractivity contribution in [1.29, 1.82) is 0 Å². The molecular weight excluding hydrogens is 741 g/mol. The first-order valence-corrected chi connectivity index (χ1v) is 20.3. The Balaban J connectivity index is 0.000000164. The van der Waals surface area contributed by atoms with Gasteiger partial charge in [-0.15, -0.1) is 0 Å². The lowest BCUT2D eigenvalue weighted by Crippen LogP contribution is -2.59. The number of nitro groups is 2. The first-order valence-electron chi connectivity index (χ1n) is 20.3. The molecule has 10 heteroatoms. The minimum absolute atomic E-state index is 0.00603. The number of hydrogen-bond acceptors (Lipinski definition) is 8. The number of nitro benzene ring substituents is 2. The molecule has 0 amide bonds. The summed E-state index contributed by atoms with van der Waals surface area (Å²) in [6, 6.07) is 33.7. The van der Waals surface area contributed by atoms with Crippen LogP contribution in [0.4, 0.5) is 28.4 Å². The summed E-state index contributed by atoms with van der Waals surface area (Å²) in [7, 11) is 0. The Morgan fingerprint density at radius 2 is 1.08 bits per heavy atom. The van der Waals surface area contributed by atoms with Gasteiger partial charge in [-0.05, 0) is 131 Å². The summed E-state index contributed by atoms with van der Waals surface area (Å²) in [6.07, 6.45) is 11.4. The first kappa shape index (κ1) is 39.4. The Bertz CT molecular complexity index is 2550. The summed E-state index contributed by atoms with van der Waals surface area (Å²) in [4.78, 5) is 27.4. The molecule has 0 radical (unpaired) electrons. The third-order valence-corrected chi connectivity index (χ3v) is 12.6. The number of anilines is 3. The highest BCUT2D eigenvalue weighted by Gasteiger charge is 2.61. The Labute approximate surface area is 345 Å². The van der Waals surface area contributed by atoms with E-state index in [1.165, 1.54) is 5.56 Å². The fourth-order valence-corrected chi connectivity index (χ4v) is 9.54. The number of ether oxygens (including phenoxy) is 2. The van der Waals surface area contributed by atoms with Crippen LogP contribution in [0.2, 0.25) is 0 Å². The lowest BCUT2D eigenvalue weighted by Gasteiger charge is -2.47. The van der Waals surface area contributed by atoms with E-state index in [9.17, 15) is 20.2 Å². The molecule has 2 unspecified atom stereocenters. The maximum atomic E-state index is 11.8. The molecule has 0 aliphatic carbocycles. The minimum atomic E-state index is -0.939. The quantitative estimate of drug-likeness (QED) is 0.0910. The lowest BCUT2D eigenvalue weighted by atomic mass is 9.76. The zero-order valence-electron chi connectivity index (χ0n) is 34.7. The van der Waals surface area contributed by atoms with E-state index in [2.05, 4.69) is 80.8 Å². The summed E-state index contributed by atoms with van der Waals surface area (Å²) in [6.45, 7) is 15.4. The smallest absolute Gasteiger partial charge is 0.311 e. The van der Waals surface area contributed by atoms with Crippen LogP contribution in [0.15, 0.2) is 115 Å². The maximum Gasteiger partial charge on any atom is 0.311 e. The Morgan fingerprint density at radius 3 is 1.64 bits per heavy atom. The molecule has 5 aromatic carbocycles. The van der Waals surface area contributed by atoms with Crippen LogP contribution in [0.1, 0.15) is 87.3 Å². The van der Waals surface area contributed by atoms with Crippen molar-refractivity contribution in [3.05, 3.63) is 169 Å². The highest BCUT2D eigenvalue weighted by molar-refractivity contribution is 5.81. The van der Waals surface area contributed by atoms with Crippen LogP contribution < -0.4 is 19.3 Å². The van der Waals surface area contributed by atoms with Crippen LogP contribution in [0.25, 0.3) is 12.2 Å². The van der Waals surface area contributed by atoms with Gasteiger partial charge in [-0.3, -0.25) is 25.1 Å². The van der Waals surface area contributed by atoms with Crippen molar-refractivity contribution in [2.24, 2.45) is 0 Å². The molecule has 10 nitrogen and oxygen atoms in total. The molecule has 4 aliphatic heterocycles. The summed E-state index contributed by atoms with van der Waals surface area (Å²) in [5.41, 5.74) is 6.14. The van der Waals surface area contributed by atoms with Gasteiger partial charge in [-0.2, -0.15) is 0 Å². The predicted molar refractivity (Wildman–Crippen MR) is 235 cm³/mol. The van der Waals surface area contributed by atoms with E-state index in [1.807, 2.05) is 92.7 Å². The van der Waals surface area contributed by atoms with Crippen LogP contribution >= 0.6 is 0 Å². The molecule has 4 heterocycles. The van der Waals surface area contributed by atoms with Gasteiger partial charge in [0.25, 0.3) is 0 Å². The monoisotopic (exact) mass is 790 g/mol. The second kappa shape index (κ2) is 14.4. The van der Waals surface area contributed by atoms with Gasteiger partial charge in [0.15, 0.2) is 0 Å². The fourth-order valence-electron chi connectivity index (χ4n) is 9.54. The minimum Gasteiger partial charge on any atom is -0.456 e. The second-order valence-electron chi connectivity index (χ2n) is 17.0. The molecule has 0 N–H and O–H groups in total. The Morgan fingerprint density at radius 1 is 0.610 bits per heavy atom. The van der Waals surface area contributed by atoms with Gasteiger partial charge in [0.05, 0.1) is 20.7 Å². The number of benzene rings is 5. The Hall–Kier alpha value is -6.42. The number of fused-ring (bicyclic) bond motifs is 4. The molecule has 2 spiro atoms. The SMILES string of the molecule is CCCCCN1c2ccccc2C(C)(C)C12C=Cc1cc(C)cc([N+](=O)[O-])c1O2.Cc1cc2c(c([N+](=O)[O-])c1)OC1(C=C2)N(c2ccccc2)c2ccccc2C1(C)C. The van der Waals surface area contributed by atoms with Crippen LogP contribution in [0.3, 0.4) is 0 Å². The second-order valence-corrected chi connectivity index (χ2v) is 17.0. The van der Waals surface area contributed by atoms with Crippen LogP contribution in [-0.2, 0) is 10.8 Å². The molecule has 302 valence electrons. The van der Waals surface area contributed by atoms with Crippen molar-refractivity contribution >= 4 is 40.6 Å². The highest BCUT2D eigenvalue weighted by atomic mass is 16.6. The van der Waals surface area contributed by atoms with Gasteiger partial charge in [0, 0.05) is 46.9 Å². The molecule has 5 aromatic rings. The summed E-state index contributed by atoms with van der Waals surface area (Å²) < 4.78 is 13.4. The largest absolute Gasteiger partial charge is 0.456 e. The molecule has 0 bridgehead atoms. The third-order valence-electron chi connectivity index (χ3n) is 12.6. The van der Waals surface area contributed by atoms with Gasteiger partial charge in [0.1, 0.15) is 0 Å². The summed E-state index contributed by atoms with van der Waals surface area (Å²) >= 11 is 0. The predicted octanol–water partition coefficient (Wildman–Crippen LogP) is 12.1.